The Morgan fingerprint density at radius 3 is 2.21 bits per heavy atom. The van der Waals surface area contributed by atoms with Crippen LogP contribution in [0, 0.1) is 6.92 Å². The van der Waals surface area contributed by atoms with E-state index in [1.54, 1.807) is 0 Å². The van der Waals surface area contributed by atoms with Gasteiger partial charge >= 0.3 is 0 Å². The molecule has 2 N–H and O–H groups in total. The van der Waals surface area contributed by atoms with E-state index in [-0.39, 0.29) is 30.3 Å². The molecule has 0 fully saturated rings. The summed E-state index contributed by atoms with van der Waals surface area (Å²) in [7, 11) is 0. The average Bonchev–Trinajstić information content (AvgIpc) is 2.55. The van der Waals surface area contributed by atoms with Crippen LogP contribution in [-0.4, -0.2) is 11.8 Å². The molecule has 4 nitrogen and oxygen atoms in total. The van der Waals surface area contributed by atoms with Gasteiger partial charge < -0.3 is 10.6 Å². The van der Waals surface area contributed by atoms with Crippen LogP contribution in [0.3, 0.4) is 0 Å². The van der Waals surface area contributed by atoms with Gasteiger partial charge in [0.05, 0.1) is 18.5 Å². The van der Waals surface area contributed by atoms with Gasteiger partial charge in [-0.1, -0.05) is 54.6 Å². The summed E-state index contributed by atoms with van der Waals surface area (Å²) in [5.74, 6) is -0.239. The second-order valence-corrected chi connectivity index (χ2v) is 6.01. The van der Waals surface area contributed by atoms with E-state index < -0.39 is 0 Å². The Morgan fingerprint density at radius 2 is 1.58 bits per heavy atom. The van der Waals surface area contributed by atoms with E-state index in [0.29, 0.717) is 0 Å². The summed E-state index contributed by atoms with van der Waals surface area (Å²) in [6, 6.07) is 17.1. The highest BCUT2D eigenvalue weighted by Crippen LogP contribution is 2.19. The van der Waals surface area contributed by atoms with E-state index in [9.17, 15) is 9.59 Å². The Hall–Kier alpha value is -2.62. The Morgan fingerprint density at radius 1 is 0.958 bits per heavy atom. The van der Waals surface area contributed by atoms with Crippen LogP contribution in [0.1, 0.15) is 49.0 Å². The lowest BCUT2D eigenvalue weighted by Gasteiger charge is -2.21. The normalized spacial score (nSPS) is 13.0. The fourth-order valence-corrected chi connectivity index (χ4v) is 2.82. The monoisotopic (exact) mass is 324 g/mol. The molecule has 0 aliphatic heterocycles. The van der Waals surface area contributed by atoms with Crippen LogP contribution in [0.4, 0.5) is 0 Å². The number of benzene rings is 2. The van der Waals surface area contributed by atoms with Crippen LogP contribution in [0.15, 0.2) is 54.6 Å². The van der Waals surface area contributed by atoms with Crippen LogP contribution in [-0.2, 0) is 9.59 Å². The van der Waals surface area contributed by atoms with Crippen molar-refractivity contribution < 1.29 is 9.59 Å². The number of aryl methyl sites for hydroxylation is 1. The second-order valence-electron chi connectivity index (χ2n) is 6.01. The Labute approximate surface area is 143 Å². The standard InChI is InChI=1S/C20H24N2O2/c1-14-9-7-8-12-18(14)15(2)21-20(24)13-19(22-16(3)23)17-10-5-4-6-11-17/h4-12,15,19H,13H2,1-3H3,(H,21,24)(H,22,23). The average molecular weight is 324 g/mol. The van der Waals surface area contributed by atoms with Crippen LogP contribution < -0.4 is 10.6 Å². The van der Waals surface area contributed by atoms with Crippen molar-refractivity contribution in [1.82, 2.24) is 10.6 Å². The van der Waals surface area contributed by atoms with Crippen molar-refractivity contribution in [2.75, 3.05) is 0 Å². The third-order valence-corrected chi connectivity index (χ3v) is 4.00. The highest BCUT2D eigenvalue weighted by Gasteiger charge is 2.19. The molecular weight excluding hydrogens is 300 g/mol. The molecule has 0 aliphatic rings. The highest BCUT2D eigenvalue weighted by atomic mass is 16.2. The van der Waals surface area contributed by atoms with Gasteiger partial charge in [-0.3, -0.25) is 9.59 Å². The minimum absolute atomic E-state index is 0.0764. The Bertz CT molecular complexity index is 698. The Kier molecular flexibility index (Phi) is 6.13. The van der Waals surface area contributed by atoms with Crippen molar-refractivity contribution >= 4 is 11.8 Å². The quantitative estimate of drug-likeness (QED) is 0.855. The molecular formula is C20H24N2O2. The zero-order chi connectivity index (χ0) is 17.5. The van der Waals surface area contributed by atoms with Crippen molar-refractivity contribution in [2.24, 2.45) is 0 Å². The van der Waals surface area contributed by atoms with Crippen LogP contribution in [0.5, 0.6) is 0 Å². The zero-order valence-electron chi connectivity index (χ0n) is 14.4. The molecule has 2 aromatic rings. The second kappa shape index (κ2) is 8.29. The predicted molar refractivity (Wildman–Crippen MR) is 95.4 cm³/mol. The molecule has 0 saturated carbocycles. The molecule has 4 heteroatoms. The maximum Gasteiger partial charge on any atom is 0.222 e. The van der Waals surface area contributed by atoms with Crippen molar-refractivity contribution in [1.29, 1.82) is 0 Å². The van der Waals surface area contributed by atoms with Gasteiger partial charge in [-0.05, 0) is 30.5 Å². The number of carbonyl (C=O) groups is 2. The minimum Gasteiger partial charge on any atom is -0.349 e. The molecule has 0 saturated heterocycles. The topological polar surface area (TPSA) is 58.2 Å². The van der Waals surface area contributed by atoms with Gasteiger partial charge in [-0.25, -0.2) is 0 Å². The van der Waals surface area contributed by atoms with Gasteiger partial charge in [0.1, 0.15) is 0 Å². The number of amides is 2. The van der Waals surface area contributed by atoms with Crippen LogP contribution in [0.25, 0.3) is 0 Å². The van der Waals surface area contributed by atoms with E-state index in [1.165, 1.54) is 6.92 Å². The van der Waals surface area contributed by atoms with Crippen molar-refractivity contribution in [3.8, 4) is 0 Å². The summed E-state index contributed by atoms with van der Waals surface area (Å²) in [6.07, 6.45) is 0.208. The van der Waals surface area contributed by atoms with E-state index in [2.05, 4.69) is 10.6 Å². The molecule has 2 aromatic carbocycles. The largest absolute Gasteiger partial charge is 0.349 e. The summed E-state index contributed by atoms with van der Waals surface area (Å²) in [5.41, 5.74) is 3.17. The van der Waals surface area contributed by atoms with Gasteiger partial charge in [0, 0.05) is 6.92 Å². The molecule has 24 heavy (non-hydrogen) atoms. The first-order valence-corrected chi connectivity index (χ1v) is 8.14. The minimum atomic E-state index is -0.326. The molecule has 126 valence electrons. The maximum atomic E-state index is 12.4. The molecule has 2 unspecified atom stereocenters. The van der Waals surface area contributed by atoms with Gasteiger partial charge in [0.15, 0.2) is 0 Å². The number of nitrogens with one attached hydrogen (secondary N) is 2. The molecule has 0 aliphatic carbocycles. The highest BCUT2D eigenvalue weighted by molar-refractivity contribution is 5.79. The number of carbonyl (C=O) groups excluding carboxylic acids is 2. The smallest absolute Gasteiger partial charge is 0.222 e. The van der Waals surface area contributed by atoms with Crippen molar-refractivity contribution in [3.05, 3.63) is 71.3 Å². The summed E-state index contributed by atoms with van der Waals surface area (Å²) in [6.45, 7) is 5.46. The molecule has 0 bridgehead atoms. The third-order valence-electron chi connectivity index (χ3n) is 4.00. The van der Waals surface area contributed by atoms with E-state index >= 15 is 0 Å². The molecule has 0 radical (unpaired) electrons. The lowest BCUT2D eigenvalue weighted by atomic mass is 10.0. The first kappa shape index (κ1) is 17.7. The number of hydrogen-bond acceptors (Lipinski definition) is 2. The predicted octanol–water partition coefficient (Wildman–Crippen LogP) is 3.44. The first-order valence-electron chi connectivity index (χ1n) is 8.14. The third kappa shape index (κ3) is 4.95. The molecule has 0 aromatic heterocycles. The lowest BCUT2D eigenvalue weighted by Crippen LogP contribution is -2.33. The SMILES string of the molecule is CC(=O)NC(CC(=O)NC(C)c1ccccc1C)c1ccccc1. The van der Waals surface area contributed by atoms with Crippen LogP contribution in [0.2, 0.25) is 0 Å². The maximum absolute atomic E-state index is 12.4. The zero-order valence-corrected chi connectivity index (χ0v) is 14.4. The lowest BCUT2D eigenvalue weighted by molar-refractivity contribution is -0.123. The summed E-state index contributed by atoms with van der Waals surface area (Å²) in [5, 5.41) is 5.87. The van der Waals surface area contributed by atoms with Gasteiger partial charge in [0.25, 0.3) is 0 Å². The summed E-state index contributed by atoms with van der Waals surface area (Å²) >= 11 is 0. The molecule has 2 atom stereocenters. The van der Waals surface area contributed by atoms with Gasteiger partial charge in [-0.2, -0.15) is 0 Å². The Balaban J connectivity index is 2.05. The summed E-state index contributed by atoms with van der Waals surface area (Å²) in [4.78, 5) is 23.9. The van der Waals surface area contributed by atoms with E-state index in [4.69, 9.17) is 0 Å². The van der Waals surface area contributed by atoms with E-state index in [1.807, 2.05) is 68.4 Å². The fourth-order valence-electron chi connectivity index (χ4n) is 2.82. The first-order chi connectivity index (χ1) is 11.5. The number of hydrogen-bond donors (Lipinski definition) is 2. The molecule has 0 heterocycles. The summed E-state index contributed by atoms with van der Waals surface area (Å²) < 4.78 is 0. The van der Waals surface area contributed by atoms with Gasteiger partial charge in [-0.15, -0.1) is 0 Å². The van der Waals surface area contributed by atoms with Crippen molar-refractivity contribution in [3.63, 3.8) is 0 Å². The molecule has 0 spiro atoms. The fraction of sp³-hybridized carbons (Fsp3) is 0.300. The number of rotatable bonds is 6. The molecule has 2 rings (SSSR count). The van der Waals surface area contributed by atoms with Crippen molar-refractivity contribution in [2.45, 2.75) is 39.3 Å². The van der Waals surface area contributed by atoms with E-state index in [0.717, 1.165) is 16.7 Å². The van der Waals surface area contributed by atoms with Gasteiger partial charge in [0.2, 0.25) is 11.8 Å². The molecule has 2 amide bonds. The van der Waals surface area contributed by atoms with Crippen LogP contribution >= 0.6 is 0 Å².